The molecule has 0 radical (unpaired) electrons. The smallest absolute Gasteiger partial charge is 0.0504 e. The van der Waals surface area contributed by atoms with Crippen molar-refractivity contribution in [3.05, 3.63) is 0 Å². The van der Waals surface area contributed by atoms with Gasteiger partial charge in [-0.05, 0) is 31.6 Å². The Kier molecular flexibility index (Phi) is 3.83. The molecule has 5 atom stereocenters. The average molecular weight is 229 g/mol. The summed E-state index contributed by atoms with van der Waals surface area (Å²) in [6.45, 7) is 4.45. The van der Waals surface area contributed by atoms with Crippen LogP contribution >= 0.6 is 0 Å². The monoisotopic (exact) mass is 229 g/mol. The Morgan fingerprint density at radius 2 is 2.07 bits per heavy atom. The fourth-order valence-electron chi connectivity index (χ4n) is 2.97. The fraction of sp³-hybridized carbons (Fsp3) is 1.00. The molecule has 2 rings (SSSR count). The van der Waals surface area contributed by atoms with E-state index in [4.69, 9.17) is 0 Å². The molecule has 15 heavy (non-hydrogen) atoms. The van der Waals surface area contributed by atoms with Gasteiger partial charge in [0.2, 0.25) is 0 Å². The van der Waals surface area contributed by atoms with Crippen LogP contribution in [0.15, 0.2) is 0 Å². The van der Waals surface area contributed by atoms with Crippen molar-refractivity contribution in [2.45, 2.75) is 63.3 Å². The van der Waals surface area contributed by atoms with E-state index in [1.807, 2.05) is 0 Å². The van der Waals surface area contributed by atoms with Gasteiger partial charge in [0.05, 0.1) is 5.25 Å². The van der Waals surface area contributed by atoms with E-state index < -0.39 is 10.8 Å². The molecule has 1 saturated heterocycles. The number of nitrogens with one attached hydrogen (secondary N) is 1. The van der Waals surface area contributed by atoms with Crippen LogP contribution < -0.4 is 5.32 Å². The first-order valence-corrected chi connectivity index (χ1v) is 7.76. The van der Waals surface area contributed by atoms with Crippen molar-refractivity contribution in [3.8, 4) is 0 Å². The Bertz CT molecular complexity index is 244. The van der Waals surface area contributed by atoms with Crippen molar-refractivity contribution in [2.75, 3.05) is 5.75 Å². The van der Waals surface area contributed by atoms with Gasteiger partial charge in [0.25, 0.3) is 0 Å². The highest BCUT2D eigenvalue weighted by atomic mass is 32.2. The van der Waals surface area contributed by atoms with E-state index in [1.165, 1.54) is 25.7 Å². The van der Waals surface area contributed by atoms with Crippen LogP contribution in [0.4, 0.5) is 0 Å². The highest BCUT2D eigenvalue weighted by Gasteiger charge is 2.38. The Labute approximate surface area is 95.7 Å². The summed E-state index contributed by atoms with van der Waals surface area (Å²) in [5.41, 5.74) is 0. The first kappa shape index (κ1) is 11.6. The molecule has 0 aromatic carbocycles. The topological polar surface area (TPSA) is 29.1 Å². The maximum atomic E-state index is 12.1. The highest BCUT2D eigenvalue weighted by Crippen LogP contribution is 2.32. The molecule has 0 bridgehead atoms. The number of fused-ring (bicyclic) bond motifs is 1. The van der Waals surface area contributed by atoms with Gasteiger partial charge in [-0.25, -0.2) is 0 Å². The Balaban J connectivity index is 2.00. The zero-order valence-electron chi connectivity index (χ0n) is 9.87. The summed E-state index contributed by atoms with van der Waals surface area (Å²) in [6.07, 6.45) is 6.14. The van der Waals surface area contributed by atoms with Crippen LogP contribution in [0.25, 0.3) is 0 Å². The van der Waals surface area contributed by atoms with Crippen molar-refractivity contribution in [1.82, 2.24) is 5.32 Å². The summed E-state index contributed by atoms with van der Waals surface area (Å²) >= 11 is 0. The zero-order chi connectivity index (χ0) is 10.8. The third kappa shape index (κ3) is 2.44. The van der Waals surface area contributed by atoms with Crippen LogP contribution in [0.5, 0.6) is 0 Å². The lowest BCUT2D eigenvalue weighted by Gasteiger charge is -2.42. The quantitative estimate of drug-likeness (QED) is 0.785. The molecule has 1 aliphatic carbocycles. The molecule has 5 unspecified atom stereocenters. The van der Waals surface area contributed by atoms with E-state index in [0.717, 1.165) is 18.1 Å². The van der Waals surface area contributed by atoms with E-state index in [-0.39, 0.29) is 0 Å². The SMILES string of the molecule is CCC1CCC2NC(CC)CS(=O)C2C1. The van der Waals surface area contributed by atoms with Gasteiger partial charge >= 0.3 is 0 Å². The lowest BCUT2D eigenvalue weighted by atomic mass is 9.83. The van der Waals surface area contributed by atoms with Gasteiger partial charge in [-0.15, -0.1) is 0 Å². The molecule has 2 fully saturated rings. The Morgan fingerprint density at radius 1 is 1.27 bits per heavy atom. The maximum Gasteiger partial charge on any atom is 0.0504 e. The van der Waals surface area contributed by atoms with E-state index in [0.29, 0.717) is 17.3 Å². The summed E-state index contributed by atoms with van der Waals surface area (Å²) in [6, 6.07) is 1.05. The minimum absolute atomic E-state index is 0.450. The van der Waals surface area contributed by atoms with Gasteiger partial charge in [-0.2, -0.15) is 0 Å². The minimum Gasteiger partial charge on any atom is -0.309 e. The summed E-state index contributed by atoms with van der Waals surface area (Å²) in [5, 5.41) is 4.14. The maximum absolute atomic E-state index is 12.1. The third-order valence-corrected chi connectivity index (χ3v) is 6.05. The largest absolute Gasteiger partial charge is 0.309 e. The predicted octanol–water partition coefficient (Wildman–Crippen LogP) is 2.06. The minimum atomic E-state index is -0.571. The molecule has 3 heteroatoms. The molecule has 1 aliphatic heterocycles. The Morgan fingerprint density at radius 3 is 2.73 bits per heavy atom. The van der Waals surface area contributed by atoms with Crippen molar-refractivity contribution in [1.29, 1.82) is 0 Å². The Hall–Kier alpha value is 0.110. The number of hydrogen-bond acceptors (Lipinski definition) is 2. The molecule has 0 spiro atoms. The summed E-state index contributed by atoms with van der Waals surface area (Å²) in [5.74, 6) is 1.71. The molecule has 0 aromatic rings. The second-order valence-electron chi connectivity index (χ2n) is 5.05. The van der Waals surface area contributed by atoms with Crippen LogP contribution in [0.3, 0.4) is 0 Å². The number of hydrogen-bond donors (Lipinski definition) is 1. The van der Waals surface area contributed by atoms with Crippen LogP contribution in [0.2, 0.25) is 0 Å². The van der Waals surface area contributed by atoms with E-state index in [1.54, 1.807) is 0 Å². The van der Waals surface area contributed by atoms with Crippen molar-refractivity contribution in [3.63, 3.8) is 0 Å². The van der Waals surface area contributed by atoms with Crippen molar-refractivity contribution >= 4 is 10.8 Å². The molecular formula is C12H23NOS. The molecule has 1 saturated carbocycles. The van der Waals surface area contributed by atoms with E-state index in [9.17, 15) is 4.21 Å². The molecule has 0 aromatic heterocycles. The van der Waals surface area contributed by atoms with Crippen LogP contribution in [0, 0.1) is 5.92 Å². The van der Waals surface area contributed by atoms with Gasteiger partial charge in [0.1, 0.15) is 0 Å². The average Bonchev–Trinajstić information content (AvgIpc) is 2.28. The van der Waals surface area contributed by atoms with Gasteiger partial charge in [-0.3, -0.25) is 4.21 Å². The normalized spacial score (nSPS) is 46.1. The highest BCUT2D eigenvalue weighted by molar-refractivity contribution is 7.85. The molecule has 0 amide bonds. The second-order valence-corrected chi connectivity index (χ2v) is 6.75. The fourth-order valence-corrected chi connectivity index (χ4v) is 5.02. The van der Waals surface area contributed by atoms with Gasteiger partial charge < -0.3 is 5.32 Å². The van der Waals surface area contributed by atoms with Crippen molar-refractivity contribution in [2.24, 2.45) is 5.92 Å². The van der Waals surface area contributed by atoms with Crippen LogP contribution in [-0.4, -0.2) is 27.3 Å². The lowest BCUT2D eigenvalue weighted by Crippen LogP contribution is -2.57. The first-order valence-electron chi connectivity index (χ1n) is 6.37. The summed E-state index contributed by atoms with van der Waals surface area (Å²) in [7, 11) is -0.571. The lowest BCUT2D eigenvalue weighted by molar-refractivity contribution is 0.267. The van der Waals surface area contributed by atoms with E-state index in [2.05, 4.69) is 19.2 Å². The van der Waals surface area contributed by atoms with Gasteiger partial charge in [0, 0.05) is 28.6 Å². The standard InChI is InChI=1S/C12H23NOS/c1-3-9-5-6-11-12(7-9)15(14)8-10(4-2)13-11/h9-13H,3-8H2,1-2H3. The summed E-state index contributed by atoms with van der Waals surface area (Å²) < 4.78 is 12.1. The van der Waals surface area contributed by atoms with Crippen molar-refractivity contribution < 1.29 is 4.21 Å². The molecule has 1 N–H and O–H groups in total. The van der Waals surface area contributed by atoms with Crippen LogP contribution in [-0.2, 0) is 10.8 Å². The van der Waals surface area contributed by atoms with E-state index >= 15 is 0 Å². The summed E-state index contributed by atoms with van der Waals surface area (Å²) in [4.78, 5) is 0. The molecule has 2 aliphatic rings. The second kappa shape index (κ2) is 4.96. The zero-order valence-corrected chi connectivity index (χ0v) is 10.7. The first-order chi connectivity index (χ1) is 7.24. The number of rotatable bonds is 2. The molecular weight excluding hydrogens is 206 g/mol. The van der Waals surface area contributed by atoms with Gasteiger partial charge in [0.15, 0.2) is 0 Å². The van der Waals surface area contributed by atoms with Crippen LogP contribution in [0.1, 0.15) is 46.0 Å². The van der Waals surface area contributed by atoms with Gasteiger partial charge in [-0.1, -0.05) is 20.3 Å². The molecule has 1 heterocycles. The predicted molar refractivity (Wildman–Crippen MR) is 65.4 cm³/mol. The molecule has 2 nitrogen and oxygen atoms in total. The third-order valence-electron chi connectivity index (χ3n) is 4.12. The molecule has 88 valence electrons.